The van der Waals surface area contributed by atoms with Gasteiger partial charge in [0, 0.05) is 40.8 Å². The van der Waals surface area contributed by atoms with Gasteiger partial charge in [0.05, 0.1) is 27.7 Å². The molecule has 0 unspecified atom stereocenters. The fourth-order valence-electron chi connectivity index (χ4n) is 7.00. The number of fused-ring (bicyclic) bond motifs is 8. The van der Waals surface area contributed by atoms with E-state index in [1.807, 2.05) is 26.8 Å². The van der Waals surface area contributed by atoms with E-state index in [2.05, 4.69) is 9.97 Å². The lowest BCUT2D eigenvalue weighted by Gasteiger charge is -2.31. The van der Waals surface area contributed by atoms with E-state index < -0.39 is 44.2 Å². The maximum atomic E-state index is 16.4. The van der Waals surface area contributed by atoms with Gasteiger partial charge in [-0.15, -0.1) is 0 Å². The number of carbonyl (C=O) groups is 1. The van der Waals surface area contributed by atoms with Gasteiger partial charge in [0.25, 0.3) is 0 Å². The second kappa shape index (κ2) is 13.6. The number of aryl methyl sites for hydroxylation is 2. The molecule has 4 bridgehead atoms. The van der Waals surface area contributed by atoms with Crippen molar-refractivity contribution in [2.24, 2.45) is 18.4 Å². The number of nitrogens with zero attached hydrogens (tertiary/aromatic N) is 4. The molecule has 3 aromatic heterocycles. The summed E-state index contributed by atoms with van der Waals surface area (Å²) in [5.74, 6) is -2.17. The molecule has 50 heavy (non-hydrogen) atoms. The van der Waals surface area contributed by atoms with Crippen molar-refractivity contribution in [3.05, 3.63) is 89.0 Å². The zero-order valence-corrected chi connectivity index (χ0v) is 30.4. The maximum absolute atomic E-state index is 16.4. The van der Waals surface area contributed by atoms with Crippen molar-refractivity contribution in [2.45, 2.75) is 75.0 Å². The monoisotopic (exact) mass is 721 g/mol. The number of carboxylic acids is 1. The lowest BCUT2D eigenvalue weighted by molar-refractivity contribution is -0.141. The van der Waals surface area contributed by atoms with Crippen LogP contribution in [0.3, 0.4) is 0 Å². The number of nitrogens with one attached hydrogen (secondary N) is 1. The number of halogens is 2. The Balaban J connectivity index is 1.49. The van der Waals surface area contributed by atoms with Gasteiger partial charge in [-0.2, -0.15) is 5.10 Å². The lowest BCUT2D eigenvalue weighted by Crippen LogP contribution is -2.30. The molecular formula is C37H41F2N5O4S2. The Bertz CT molecular complexity index is 2200. The van der Waals surface area contributed by atoms with Gasteiger partial charge in [0.15, 0.2) is 21.5 Å². The molecule has 0 amide bonds. The van der Waals surface area contributed by atoms with Crippen molar-refractivity contribution in [3.63, 3.8) is 0 Å². The van der Waals surface area contributed by atoms with Gasteiger partial charge in [-0.1, -0.05) is 57.2 Å². The molecule has 0 saturated heterocycles. The zero-order chi connectivity index (χ0) is 36.0. The number of sulfone groups is 1. The molecule has 4 heterocycles. The van der Waals surface area contributed by atoms with E-state index in [1.165, 1.54) is 17.8 Å². The second-order valence-corrected chi connectivity index (χ2v) is 17.6. The van der Waals surface area contributed by atoms with Crippen LogP contribution < -0.4 is 0 Å². The van der Waals surface area contributed by atoms with Crippen LogP contribution in [0.5, 0.6) is 0 Å². The minimum atomic E-state index is -3.57. The molecule has 0 aliphatic carbocycles. The van der Waals surface area contributed by atoms with E-state index in [4.69, 9.17) is 10.1 Å². The van der Waals surface area contributed by atoms with E-state index in [0.29, 0.717) is 63.0 Å². The van der Waals surface area contributed by atoms with Crippen LogP contribution in [0.4, 0.5) is 8.78 Å². The Morgan fingerprint density at radius 1 is 1.14 bits per heavy atom. The number of hydrogen-bond acceptors (Lipinski definition) is 7. The molecule has 6 rings (SSSR count). The van der Waals surface area contributed by atoms with Crippen LogP contribution in [-0.2, 0) is 39.9 Å². The number of aliphatic carboxylic acids is 1. The van der Waals surface area contributed by atoms with Crippen molar-refractivity contribution in [1.82, 2.24) is 24.7 Å². The third-order valence-corrected chi connectivity index (χ3v) is 12.9. The minimum Gasteiger partial charge on any atom is -0.481 e. The molecule has 0 fully saturated rings. The summed E-state index contributed by atoms with van der Waals surface area (Å²) < 4.78 is 61.1. The Morgan fingerprint density at radius 3 is 2.68 bits per heavy atom. The fourth-order valence-corrected chi connectivity index (χ4v) is 10.0. The van der Waals surface area contributed by atoms with Gasteiger partial charge in [0.1, 0.15) is 17.3 Å². The van der Waals surface area contributed by atoms with Crippen molar-refractivity contribution in [1.29, 1.82) is 0 Å². The van der Waals surface area contributed by atoms with Gasteiger partial charge >= 0.3 is 5.97 Å². The summed E-state index contributed by atoms with van der Waals surface area (Å²) in [7, 11) is -1.83. The molecule has 2 aromatic carbocycles. The second-order valence-electron chi connectivity index (χ2n) is 14.4. The van der Waals surface area contributed by atoms with Crippen LogP contribution in [0.1, 0.15) is 69.5 Å². The van der Waals surface area contributed by atoms with E-state index in [0.717, 1.165) is 5.39 Å². The quantitative estimate of drug-likeness (QED) is 0.195. The Hall–Kier alpha value is -4.10. The Morgan fingerprint density at radius 2 is 1.92 bits per heavy atom. The first-order valence-electron chi connectivity index (χ1n) is 16.6. The summed E-state index contributed by atoms with van der Waals surface area (Å²) in [6, 6.07) is 11.8. The number of aromatic amines is 1. The van der Waals surface area contributed by atoms with Gasteiger partial charge in [-0.25, -0.2) is 26.9 Å². The van der Waals surface area contributed by atoms with Crippen LogP contribution in [0.15, 0.2) is 64.6 Å². The summed E-state index contributed by atoms with van der Waals surface area (Å²) >= 11 is 1.20. The highest BCUT2D eigenvalue weighted by molar-refractivity contribution is 7.99. The number of H-pyrrole nitrogens is 1. The highest BCUT2D eigenvalue weighted by atomic mass is 32.2. The number of carboxylic acid groups (broad SMARTS) is 1. The number of aromatic nitrogens is 5. The van der Waals surface area contributed by atoms with Crippen molar-refractivity contribution < 1.29 is 27.1 Å². The van der Waals surface area contributed by atoms with Crippen LogP contribution in [0.25, 0.3) is 22.4 Å². The van der Waals surface area contributed by atoms with E-state index in [-0.39, 0.29) is 29.9 Å². The maximum Gasteiger partial charge on any atom is 0.306 e. The van der Waals surface area contributed by atoms with Crippen LogP contribution in [-0.4, -0.2) is 55.7 Å². The van der Waals surface area contributed by atoms with Crippen LogP contribution in [0.2, 0.25) is 0 Å². The largest absolute Gasteiger partial charge is 0.481 e. The summed E-state index contributed by atoms with van der Waals surface area (Å²) in [5, 5.41) is 15.1. The number of hydrogen-bond donors (Lipinski definition) is 2. The molecule has 0 radical (unpaired) electrons. The predicted molar refractivity (Wildman–Crippen MR) is 190 cm³/mol. The summed E-state index contributed by atoms with van der Waals surface area (Å²) in [5.41, 5.74) is 0.671. The Labute approximate surface area is 294 Å². The highest BCUT2D eigenvalue weighted by Gasteiger charge is 2.38. The van der Waals surface area contributed by atoms with Gasteiger partial charge in [-0.05, 0) is 73.4 Å². The molecule has 1 aliphatic rings. The van der Waals surface area contributed by atoms with Crippen LogP contribution in [0, 0.1) is 23.0 Å². The van der Waals surface area contributed by atoms with Gasteiger partial charge in [-0.3, -0.25) is 9.78 Å². The van der Waals surface area contributed by atoms with Crippen molar-refractivity contribution in [2.75, 3.05) is 11.5 Å². The fraction of sp³-hybridized carbons (Fsp3) is 0.405. The van der Waals surface area contributed by atoms with Gasteiger partial charge < -0.3 is 10.1 Å². The zero-order valence-electron chi connectivity index (χ0n) is 28.8. The average Bonchev–Trinajstić information content (AvgIpc) is 3.67. The predicted octanol–water partition coefficient (Wildman–Crippen LogP) is 7.52. The molecule has 5 aromatic rings. The lowest BCUT2D eigenvalue weighted by atomic mass is 9.74. The first-order valence-corrected chi connectivity index (χ1v) is 19.3. The first kappa shape index (κ1) is 35.7. The molecule has 0 saturated carbocycles. The van der Waals surface area contributed by atoms with E-state index in [1.54, 1.807) is 61.4 Å². The van der Waals surface area contributed by atoms with Crippen molar-refractivity contribution in [3.8, 4) is 11.5 Å². The topological polar surface area (TPSA) is 131 Å². The normalized spacial score (nSPS) is 20.1. The first-order chi connectivity index (χ1) is 23.6. The third kappa shape index (κ3) is 7.20. The van der Waals surface area contributed by atoms with Crippen LogP contribution >= 0.6 is 11.8 Å². The molecular weight excluding hydrogens is 681 g/mol. The number of pyridine rings is 1. The molecule has 9 nitrogen and oxygen atoms in total. The molecule has 2 atom stereocenters. The number of rotatable bonds is 4. The third-order valence-electron chi connectivity index (χ3n) is 9.73. The van der Waals surface area contributed by atoms with Gasteiger partial charge in [0.2, 0.25) is 0 Å². The average molecular weight is 722 g/mol. The highest BCUT2D eigenvalue weighted by Crippen LogP contribution is 2.42. The molecule has 13 heteroatoms. The molecule has 0 spiro atoms. The summed E-state index contributed by atoms with van der Waals surface area (Å²) in [6.07, 6.45) is 4.94. The van der Waals surface area contributed by atoms with E-state index >= 15 is 8.78 Å². The van der Waals surface area contributed by atoms with E-state index in [9.17, 15) is 18.3 Å². The summed E-state index contributed by atoms with van der Waals surface area (Å²) in [6.45, 7) is 7.25. The standard InChI is InChI=1S/C37H41F2N5O4S2/c1-22(34(45)46)18-23-8-6-9-27(31(23)39)37(4)14-7-13-36(2,3)21-50(47,48)17-12-26-25-11-16-40-29(25)20-28(38)32(26)49-24-10-15-41-30(19-24)33-42-35(37)43-44(33)5/h6,8-11,15-16,19-20,22,40H,7,12-14,17-18,21H2,1-5H3,(H,45,46)/t22-,37+/m0/s1. The van der Waals surface area contributed by atoms with Crippen molar-refractivity contribution >= 4 is 38.5 Å². The SMILES string of the molecule is C[C@@H](Cc1cccc([C@@]2(C)CCCC(C)(C)CS(=O)(=O)CCc3c(c(F)cc4[nH]ccc34)Sc3ccnc(c3)-c3nc2nn3C)c1F)C(=O)O. The summed E-state index contributed by atoms with van der Waals surface area (Å²) in [4.78, 5) is 25.2. The number of benzene rings is 2. The Kier molecular flexibility index (Phi) is 9.68. The smallest absolute Gasteiger partial charge is 0.306 e. The molecule has 1 aliphatic heterocycles. The molecule has 2 N–H and O–H groups in total. The minimum absolute atomic E-state index is 0.0184. The molecule has 264 valence electrons.